The molecule has 0 bridgehead atoms. The second-order valence-electron chi connectivity index (χ2n) is 7.76. The van der Waals surface area contributed by atoms with Crippen LogP contribution in [0.15, 0.2) is 30.3 Å². The number of benzene rings is 2. The van der Waals surface area contributed by atoms with E-state index in [9.17, 15) is 26.3 Å². The van der Waals surface area contributed by atoms with E-state index in [1.807, 2.05) is 34.3 Å². The molecule has 0 atom stereocenters. The molecule has 0 saturated heterocycles. The molecular weight excluding hydrogens is 631 g/mol. The summed E-state index contributed by atoms with van der Waals surface area (Å²) in [5.41, 5.74) is -2.38. The molecule has 0 N–H and O–H groups in total. The van der Waals surface area contributed by atoms with Crippen molar-refractivity contribution >= 4 is 33.6 Å². The van der Waals surface area contributed by atoms with Crippen LogP contribution in [0.1, 0.15) is 38.8 Å². The molecular formula is C25H25CoF6IP+. The van der Waals surface area contributed by atoms with Crippen LogP contribution in [0, 0.1) is 59.3 Å². The predicted molar refractivity (Wildman–Crippen MR) is 132 cm³/mol. The number of hydrogen-bond acceptors (Lipinski definition) is 0. The van der Waals surface area contributed by atoms with Crippen molar-refractivity contribution in [1.82, 2.24) is 0 Å². The predicted octanol–water partition coefficient (Wildman–Crippen LogP) is 8.46. The Balaban J connectivity index is 0.000000437. The van der Waals surface area contributed by atoms with Crippen molar-refractivity contribution in [3.05, 3.63) is 101 Å². The fraction of sp³-hybridized carbons (Fsp3) is 0.280. The Morgan fingerprint density at radius 3 is 1.56 bits per heavy atom. The van der Waals surface area contributed by atoms with Gasteiger partial charge >= 0.3 is 32.9 Å². The van der Waals surface area contributed by atoms with Gasteiger partial charge in [-0.1, -0.05) is 77.9 Å². The third-order valence-electron chi connectivity index (χ3n) is 5.77. The third-order valence-corrected chi connectivity index (χ3v) is 7.10. The van der Waals surface area contributed by atoms with Gasteiger partial charge in [-0.25, -0.2) is 13.2 Å². The van der Waals surface area contributed by atoms with Gasteiger partial charge < -0.3 is 0 Å². The first-order valence-corrected chi connectivity index (χ1v) is 15.6. The summed E-state index contributed by atoms with van der Waals surface area (Å²) in [7, 11) is 0.104. The Morgan fingerprint density at radius 1 is 0.735 bits per heavy atom. The monoisotopic (exact) mass is 656 g/mol. The Hall–Kier alpha value is -0.444. The van der Waals surface area contributed by atoms with Gasteiger partial charge in [-0.2, -0.15) is 0 Å². The first-order valence-electron chi connectivity index (χ1n) is 10.00. The molecule has 0 aromatic heterocycles. The zero-order valence-electron chi connectivity index (χ0n) is 19.5. The molecule has 34 heavy (non-hydrogen) atoms. The van der Waals surface area contributed by atoms with Crippen molar-refractivity contribution in [2.24, 2.45) is 0 Å². The molecule has 1 aliphatic rings. The second kappa shape index (κ2) is 14.3. The van der Waals surface area contributed by atoms with Gasteiger partial charge in [0.1, 0.15) is 11.6 Å². The number of halogens is 7. The first kappa shape index (κ1) is 31.6. The summed E-state index contributed by atoms with van der Waals surface area (Å²) in [5, 5.41) is 1.48. The van der Waals surface area contributed by atoms with Crippen molar-refractivity contribution in [3.8, 4) is 0 Å². The fourth-order valence-electron chi connectivity index (χ4n) is 3.50. The first-order chi connectivity index (χ1) is 15.9. The van der Waals surface area contributed by atoms with E-state index in [0.717, 1.165) is 23.7 Å². The van der Waals surface area contributed by atoms with Crippen molar-refractivity contribution in [2.45, 2.75) is 34.1 Å². The van der Waals surface area contributed by atoms with Crippen LogP contribution in [0.5, 0.6) is 0 Å². The Morgan fingerprint density at radius 2 is 1.18 bits per heavy atom. The van der Waals surface area contributed by atoms with E-state index < -0.39 is 47.2 Å². The molecule has 0 aliphatic heterocycles. The van der Waals surface area contributed by atoms with Crippen LogP contribution in [0.25, 0.3) is 0 Å². The van der Waals surface area contributed by atoms with Gasteiger partial charge in [0.05, 0.1) is 5.82 Å². The van der Waals surface area contributed by atoms with Crippen LogP contribution in [-0.2, 0) is 18.9 Å². The van der Waals surface area contributed by atoms with E-state index in [1.54, 1.807) is 13.8 Å². The van der Waals surface area contributed by atoms with Crippen LogP contribution in [0.3, 0.4) is 0 Å². The maximum absolute atomic E-state index is 14.0. The van der Waals surface area contributed by atoms with Gasteiger partial charge in [-0.05, 0) is 48.2 Å². The Kier molecular flexibility index (Phi) is 13.3. The van der Waals surface area contributed by atoms with E-state index in [-0.39, 0.29) is 7.92 Å². The van der Waals surface area contributed by atoms with Crippen LogP contribution < -0.4 is 5.30 Å². The van der Waals surface area contributed by atoms with Crippen LogP contribution >= 0.6 is 28.3 Å². The van der Waals surface area contributed by atoms with Gasteiger partial charge in [-0.15, -0.1) is 5.56 Å². The third kappa shape index (κ3) is 7.29. The minimum atomic E-state index is -2.59. The molecule has 0 spiro atoms. The van der Waals surface area contributed by atoms with Crippen LogP contribution in [0.4, 0.5) is 26.3 Å². The van der Waals surface area contributed by atoms with Gasteiger partial charge in [0, 0.05) is 0 Å². The normalized spacial score (nSPS) is 15.7. The molecule has 9 heteroatoms. The van der Waals surface area contributed by atoms with Crippen molar-refractivity contribution < 1.29 is 38.9 Å². The molecule has 5 radical (unpaired) electrons. The minimum absolute atomic E-state index is 0.104. The second-order valence-corrected chi connectivity index (χ2v) is 10.1. The maximum atomic E-state index is 14.0. The van der Waals surface area contributed by atoms with Gasteiger partial charge in [-0.3, -0.25) is 13.2 Å². The number of hydrogen-bond donors (Lipinski definition) is 0. The molecule has 0 heterocycles. The van der Waals surface area contributed by atoms with Gasteiger partial charge in [0.15, 0.2) is 12.2 Å². The molecule has 2 aromatic rings. The zero-order chi connectivity index (χ0) is 26.3. The molecule has 0 nitrogen and oxygen atoms in total. The molecule has 1 saturated carbocycles. The quantitative estimate of drug-likeness (QED) is 0.0774. The molecule has 0 unspecified atom stereocenters. The summed E-state index contributed by atoms with van der Waals surface area (Å²) in [6.07, 6.45) is -3.04. The summed E-state index contributed by atoms with van der Waals surface area (Å²) in [6, 6.07) is 10.6. The summed E-state index contributed by atoms with van der Waals surface area (Å²) in [4.78, 5) is 0. The number of rotatable bonds is 4. The molecule has 0 amide bonds. The molecule has 1 fully saturated rings. The van der Waals surface area contributed by atoms with Crippen molar-refractivity contribution in [1.29, 1.82) is 0 Å². The van der Waals surface area contributed by atoms with E-state index in [0.29, 0.717) is 5.92 Å². The summed E-state index contributed by atoms with van der Waals surface area (Å²) in [6.45, 7) is 11.6. The average molecular weight is 656 g/mol. The van der Waals surface area contributed by atoms with Crippen LogP contribution in [0.2, 0.25) is 0 Å². The van der Waals surface area contributed by atoms with Crippen LogP contribution in [-0.4, -0.2) is 13.3 Å². The summed E-state index contributed by atoms with van der Waals surface area (Å²) in [5.74, 6) is -4.43. The zero-order valence-corrected chi connectivity index (χ0v) is 23.6. The Labute approximate surface area is 219 Å². The molecule has 2 aromatic carbocycles. The van der Waals surface area contributed by atoms with Gasteiger partial charge in [0.25, 0.3) is 0 Å². The topological polar surface area (TPSA) is 0 Å². The molecule has 3 rings (SSSR count). The summed E-state index contributed by atoms with van der Waals surface area (Å²) < 4.78 is 80.3. The summed E-state index contributed by atoms with van der Waals surface area (Å²) >= 11 is 5.37. The van der Waals surface area contributed by atoms with Crippen molar-refractivity contribution in [2.75, 3.05) is 13.3 Å². The molecule has 187 valence electrons. The van der Waals surface area contributed by atoms with Crippen molar-refractivity contribution in [3.63, 3.8) is 0 Å². The van der Waals surface area contributed by atoms with E-state index in [2.05, 4.69) is 56.2 Å². The standard InChI is InChI=1S/C17H14F6.C8H11P.Co.HI/c1-6-7(2)9(4)10(8(6)3)5-11-12(17(22)23)14(19)16(21)15(20)13(11)18;1-9(2)8-6-4-3-5-7-8;;/h5H2,1-4H3;3-7H,1-2H3;;1H/q-1;;+3;/p-1. The Bertz CT molecular complexity index is 898. The molecule has 1 aliphatic carbocycles. The van der Waals surface area contributed by atoms with E-state index >= 15 is 0 Å². The fourth-order valence-corrected chi connectivity index (χ4v) is 4.27. The SMILES string of the molecule is CP(C)c1ccccc1.C[C]1[C](C)[C](C)[C](Cc2c(F)c(F)c(F)c(F)c2[C-](F)F)[C]1C.[Co+2][I]. The average Bonchev–Trinajstić information content (AvgIpc) is 3.01. The van der Waals surface area contributed by atoms with E-state index in [1.165, 1.54) is 5.30 Å². The van der Waals surface area contributed by atoms with E-state index in [4.69, 9.17) is 0 Å². The van der Waals surface area contributed by atoms with Gasteiger partial charge in [0.2, 0.25) is 0 Å².